The SMILES string of the molecule is O=C(O)/C(F)=C1\CCCc2cnn(Cc3ccc(Cl)cc3Cl)c21. The van der Waals surface area contributed by atoms with Crippen molar-refractivity contribution in [2.45, 2.75) is 25.8 Å². The number of nitrogens with zero attached hydrogens (tertiary/aromatic N) is 2. The monoisotopic (exact) mass is 354 g/mol. The Kier molecular flexibility index (Phi) is 4.41. The average Bonchev–Trinajstić information content (AvgIpc) is 2.92. The van der Waals surface area contributed by atoms with Gasteiger partial charge in [-0.05, 0) is 42.5 Å². The van der Waals surface area contributed by atoms with Crippen molar-refractivity contribution in [3.05, 3.63) is 57.1 Å². The number of carbonyl (C=O) groups is 1. The van der Waals surface area contributed by atoms with Crippen LogP contribution in [-0.2, 0) is 17.8 Å². The predicted octanol–water partition coefficient (Wildman–Crippen LogP) is 4.34. The van der Waals surface area contributed by atoms with Gasteiger partial charge in [-0.15, -0.1) is 0 Å². The van der Waals surface area contributed by atoms with E-state index in [1.165, 1.54) is 0 Å². The lowest BCUT2D eigenvalue weighted by Crippen LogP contribution is -2.13. The highest BCUT2D eigenvalue weighted by atomic mass is 35.5. The van der Waals surface area contributed by atoms with Gasteiger partial charge in [0, 0.05) is 15.6 Å². The van der Waals surface area contributed by atoms with Crippen molar-refractivity contribution in [1.29, 1.82) is 0 Å². The van der Waals surface area contributed by atoms with Gasteiger partial charge in [0.15, 0.2) is 0 Å². The number of allylic oxidation sites excluding steroid dienone is 1. The number of aliphatic carboxylic acids is 1. The van der Waals surface area contributed by atoms with Crippen LogP contribution < -0.4 is 0 Å². The molecule has 0 spiro atoms. The molecule has 1 aliphatic rings. The number of halogens is 3. The Hall–Kier alpha value is -1.85. The van der Waals surface area contributed by atoms with Crippen LogP contribution in [-0.4, -0.2) is 20.9 Å². The minimum atomic E-state index is -1.55. The number of carboxylic acid groups (broad SMARTS) is 1. The highest BCUT2D eigenvalue weighted by molar-refractivity contribution is 6.35. The minimum Gasteiger partial charge on any atom is -0.476 e. The molecule has 1 aromatic heterocycles. The smallest absolute Gasteiger partial charge is 0.365 e. The Morgan fingerprint density at radius 2 is 2.13 bits per heavy atom. The van der Waals surface area contributed by atoms with Gasteiger partial charge in [-0.25, -0.2) is 4.79 Å². The molecule has 0 amide bonds. The highest BCUT2D eigenvalue weighted by Crippen LogP contribution is 2.34. The van der Waals surface area contributed by atoms with Crippen LogP contribution in [0.3, 0.4) is 0 Å². The third-order valence-corrected chi connectivity index (χ3v) is 4.45. The van der Waals surface area contributed by atoms with Crippen molar-refractivity contribution in [2.75, 3.05) is 0 Å². The lowest BCUT2D eigenvalue weighted by atomic mass is 9.92. The summed E-state index contributed by atoms with van der Waals surface area (Å²) in [6, 6.07) is 5.12. The van der Waals surface area contributed by atoms with Crippen LogP contribution in [0.4, 0.5) is 4.39 Å². The van der Waals surface area contributed by atoms with Crippen LogP contribution in [0.15, 0.2) is 30.2 Å². The molecule has 1 N–H and O–H groups in total. The average molecular weight is 355 g/mol. The van der Waals surface area contributed by atoms with Gasteiger partial charge in [0.25, 0.3) is 0 Å². The molecule has 0 unspecified atom stereocenters. The molecule has 0 saturated heterocycles. The summed E-state index contributed by atoms with van der Waals surface area (Å²) in [5, 5.41) is 14.2. The van der Waals surface area contributed by atoms with Crippen molar-refractivity contribution < 1.29 is 14.3 Å². The van der Waals surface area contributed by atoms with Crippen LogP contribution in [0.2, 0.25) is 10.0 Å². The molecule has 0 atom stereocenters. The molecular formula is C16H13Cl2FN2O2. The van der Waals surface area contributed by atoms with E-state index in [1.807, 2.05) is 0 Å². The first-order valence-electron chi connectivity index (χ1n) is 7.08. The molecule has 0 saturated carbocycles. The Morgan fingerprint density at radius 1 is 1.35 bits per heavy atom. The fourth-order valence-electron chi connectivity index (χ4n) is 2.80. The van der Waals surface area contributed by atoms with E-state index in [2.05, 4.69) is 5.10 Å². The van der Waals surface area contributed by atoms with E-state index in [1.54, 1.807) is 29.1 Å². The topological polar surface area (TPSA) is 55.1 Å². The van der Waals surface area contributed by atoms with Gasteiger partial charge in [0.05, 0.1) is 18.4 Å². The summed E-state index contributed by atoms with van der Waals surface area (Å²) in [6.07, 6.45) is 3.50. The number of rotatable bonds is 3. The summed E-state index contributed by atoms with van der Waals surface area (Å²) < 4.78 is 15.6. The maximum absolute atomic E-state index is 14.0. The summed E-state index contributed by atoms with van der Waals surface area (Å²) in [5.74, 6) is -2.67. The maximum atomic E-state index is 14.0. The van der Waals surface area contributed by atoms with Crippen molar-refractivity contribution in [3.8, 4) is 0 Å². The molecule has 4 nitrogen and oxygen atoms in total. The second-order valence-corrected chi connectivity index (χ2v) is 6.21. The van der Waals surface area contributed by atoms with E-state index in [0.29, 0.717) is 35.1 Å². The fourth-order valence-corrected chi connectivity index (χ4v) is 3.27. The van der Waals surface area contributed by atoms with E-state index < -0.39 is 11.8 Å². The Bertz CT molecular complexity index is 814. The number of benzene rings is 1. The van der Waals surface area contributed by atoms with E-state index in [4.69, 9.17) is 28.3 Å². The summed E-state index contributed by atoms with van der Waals surface area (Å²) in [4.78, 5) is 11.0. The van der Waals surface area contributed by atoms with Crippen molar-refractivity contribution in [3.63, 3.8) is 0 Å². The number of hydrogen-bond acceptors (Lipinski definition) is 2. The molecule has 3 rings (SSSR count). The third kappa shape index (κ3) is 3.12. The second kappa shape index (κ2) is 6.34. The van der Waals surface area contributed by atoms with Crippen LogP contribution in [0.5, 0.6) is 0 Å². The largest absolute Gasteiger partial charge is 0.476 e. The summed E-state index contributed by atoms with van der Waals surface area (Å²) in [7, 11) is 0. The van der Waals surface area contributed by atoms with Crippen molar-refractivity contribution in [1.82, 2.24) is 9.78 Å². The molecule has 1 heterocycles. The van der Waals surface area contributed by atoms with Crippen molar-refractivity contribution >= 4 is 34.7 Å². The lowest BCUT2D eigenvalue weighted by Gasteiger charge is -2.18. The van der Waals surface area contributed by atoms with Crippen molar-refractivity contribution in [2.24, 2.45) is 0 Å². The number of carboxylic acids is 1. The molecule has 0 bridgehead atoms. The van der Waals surface area contributed by atoms with E-state index in [-0.39, 0.29) is 5.57 Å². The maximum Gasteiger partial charge on any atom is 0.365 e. The van der Waals surface area contributed by atoms with Crippen LogP contribution in [0.1, 0.15) is 29.7 Å². The molecule has 1 aliphatic carbocycles. The number of hydrogen-bond donors (Lipinski definition) is 1. The zero-order valence-electron chi connectivity index (χ0n) is 12.0. The molecule has 0 aliphatic heterocycles. The normalized spacial score (nSPS) is 16.1. The number of aryl methyl sites for hydroxylation is 1. The molecule has 23 heavy (non-hydrogen) atoms. The quantitative estimate of drug-likeness (QED) is 0.834. The molecule has 0 fully saturated rings. The standard InChI is InChI=1S/C16H13Cl2FN2O2/c17-11-5-4-10(13(18)6-11)8-21-15-9(7-20-21)2-1-3-12(15)14(19)16(22)23/h4-7H,1-3,8H2,(H,22,23)/b14-12-. The summed E-state index contributed by atoms with van der Waals surface area (Å²) >= 11 is 12.1. The van der Waals surface area contributed by atoms with Gasteiger partial charge in [-0.2, -0.15) is 9.49 Å². The molecular weight excluding hydrogens is 342 g/mol. The van der Waals surface area contributed by atoms with E-state index in [9.17, 15) is 9.18 Å². The molecule has 0 radical (unpaired) electrons. The Labute approximate surface area is 142 Å². The molecule has 120 valence electrons. The van der Waals surface area contributed by atoms with Crippen LogP contribution >= 0.6 is 23.2 Å². The second-order valence-electron chi connectivity index (χ2n) is 5.36. The Morgan fingerprint density at radius 3 is 2.83 bits per heavy atom. The zero-order chi connectivity index (χ0) is 16.6. The van der Waals surface area contributed by atoms with Gasteiger partial charge in [-0.1, -0.05) is 29.3 Å². The fraction of sp³-hybridized carbons (Fsp3) is 0.250. The molecule has 2 aromatic rings. The minimum absolute atomic E-state index is 0.196. The van der Waals surface area contributed by atoms with Crippen LogP contribution in [0, 0.1) is 0 Å². The molecule has 7 heteroatoms. The van der Waals surface area contributed by atoms with Gasteiger partial charge >= 0.3 is 5.97 Å². The number of aromatic nitrogens is 2. The molecule has 1 aromatic carbocycles. The zero-order valence-corrected chi connectivity index (χ0v) is 13.5. The van der Waals surface area contributed by atoms with Gasteiger partial charge in [-0.3, -0.25) is 4.68 Å². The Balaban J connectivity index is 2.05. The third-order valence-electron chi connectivity index (χ3n) is 3.86. The first-order valence-corrected chi connectivity index (χ1v) is 7.84. The van der Waals surface area contributed by atoms with E-state index in [0.717, 1.165) is 17.5 Å². The highest BCUT2D eigenvalue weighted by Gasteiger charge is 2.26. The summed E-state index contributed by atoms with van der Waals surface area (Å²) in [6.45, 7) is 0.321. The van der Waals surface area contributed by atoms with Crippen LogP contribution in [0.25, 0.3) is 5.57 Å². The first kappa shape index (κ1) is 16.0. The first-order chi connectivity index (χ1) is 11.0. The number of fused-ring (bicyclic) bond motifs is 1. The van der Waals surface area contributed by atoms with E-state index >= 15 is 0 Å². The lowest BCUT2D eigenvalue weighted by molar-refractivity contribution is -0.134. The summed E-state index contributed by atoms with van der Waals surface area (Å²) in [5.41, 5.74) is 2.37. The van der Waals surface area contributed by atoms with Gasteiger partial charge in [0.1, 0.15) is 0 Å². The van der Waals surface area contributed by atoms with Gasteiger partial charge < -0.3 is 5.11 Å². The predicted molar refractivity (Wildman–Crippen MR) is 86.4 cm³/mol. The van der Waals surface area contributed by atoms with Gasteiger partial charge in [0.2, 0.25) is 5.83 Å².